The van der Waals surface area contributed by atoms with E-state index in [9.17, 15) is 18.6 Å². The number of benzene rings is 2. The van der Waals surface area contributed by atoms with E-state index in [1.165, 1.54) is 36.4 Å². The Morgan fingerprint density at radius 2 is 1.16 bits per heavy atom. The van der Waals surface area contributed by atoms with Crippen molar-refractivity contribution in [3.8, 4) is 11.5 Å². The highest BCUT2D eigenvalue weighted by molar-refractivity contribution is 7.91. The largest absolute Gasteiger partial charge is 0.508 e. The molecule has 4 nitrogen and oxygen atoms in total. The number of aromatic hydroxyl groups is 2. The minimum Gasteiger partial charge on any atom is -0.508 e. The van der Waals surface area contributed by atoms with Gasteiger partial charge in [-0.1, -0.05) is 12.1 Å². The average molecular weight is 278 g/mol. The van der Waals surface area contributed by atoms with Gasteiger partial charge in [0.25, 0.3) is 0 Å². The van der Waals surface area contributed by atoms with Crippen LogP contribution in [0.5, 0.6) is 11.5 Å². The molecule has 100 valence electrons. The van der Waals surface area contributed by atoms with E-state index in [1.54, 1.807) is 13.8 Å². The van der Waals surface area contributed by atoms with Crippen molar-refractivity contribution < 1.29 is 18.6 Å². The Labute approximate surface area is 111 Å². The van der Waals surface area contributed by atoms with Crippen LogP contribution in [0.25, 0.3) is 0 Å². The van der Waals surface area contributed by atoms with E-state index in [1.807, 2.05) is 0 Å². The van der Waals surface area contributed by atoms with Gasteiger partial charge in [0.05, 0.1) is 9.79 Å². The molecule has 0 saturated carbocycles. The molecule has 5 heteroatoms. The first-order chi connectivity index (χ1) is 8.85. The molecule has 2 aromatic carbocycles. The SMILES string of the molecule is Cc1c(O)cccc1S(=O)(=O)c1cccc(O)c1C. The van der Waals surface area contributed by atoms with E-state index in [4.69, 9.17) is 0 Å². The molecule has 0 unspecified atom stereocenters. The molecule has 0 fully saturated rings. The maximum atomic E-state index is 12.6. The van der Waals surface area contributed by atoms with Gasteiger partial charge in [-0.3, -0.25) is 0 Å². The van der Waals surface area contributed by atoms with Gasteiger partial charge in [-0.05, 0) is 38.1 Å². The lowest BCUT2D eigenvalue weighted by Crippen LogP contribution is -2.06. The van der Waals surface area contributed by atoms with Crippen LogP contribution in [-0.4, -0.2) is 18.6 Å². The lowest BCUT2D eigenvalue weighted by atomic mass is 10.2. The van der Waals surface area contributed by atoms with E-state index in [0.29, 0.717) is 11.1 Å². The minimum atomic E-state index is -3.77. The highest BCUT2D eigenvalue weighted by Crippen LogP contribution is 2.32. The molecule has 2 N–H and O–H groups in total. The molecule has 0 bridgehead atoms. The molecule has 0 aromatic heterocycles. The molecule has 0 aliphatic rings. The van der Waals surface area contributed by atoms with Gasteiger partial charge in [-0.15, -0.1) is 0 Å². The van der Waals surface area contributed by atoms with Crippen molar-refractivity contribution in [1.29, 1.82) is 0 Å². The molecule has 0 atom stereocenters. The normalized spacial score (nSPS) is 11.5. The zero-order chi connectivity index (χ0) is 14.2. The van der Waals surface area contributed by atoms with E-state index in [-0.39, 0.29) is 21.3 Å². The molecule has 0 spiro atoms. The second-order valence-corrected chi connectivity index (χ2v) is 6.19. The van der Waals surface area contributed by atoms with E-state index < -0.39 is 9.84 Å². The third-order valence-electron chi connectivity index (χ3n) is 3.09. The van der Waals surface area contributed by atoms with Gasteiger partial charge in [0.15, 0.2) is 0 Å². The van der Waals surface area contributed by atoms with Gasteiger partial charge in [0, 0.05) is 11.1 Å². The summed E-state index contributed by atoms with van der Waals surface area (Å²) in [5, 5.41) is 19.2. The van der Waals surface area contributed by atoms with Crippen molar-refractivity contribution in [3.63, 3.8) is 0 Å². The third-order valence-corrected chi connectivity index (χ3v) is 5.13. The van der Waals surface area contributed by atoms with Gasteiger partial charge < -0.3 is 10.2 Å². The minimum absolute atomic E-state index is 0.0428. The second-order valence-electron chi connectivity index (χ2n) is 4.30. The van der Waals surface area contributed by atoms with Crippen LogP contribution in [0.4, 0.5) is 0 Å². The number of rotatable bonds is 2. The highest BCUT2D eigenvalue weighted by Gasteiger charge is 2.23. The number of sulfone groups is 1. The summed E-state index contributed by atoms with van der Waals surface area (Å²) < 4.78 is 25.1. The average Bonchev–Trinajstić information content (AvgIpc) is 2.35. The van der Waals surface area contributed by atoms with Crippen molar-refractivity contribution in [2.45, 2.75) is 23.6 Å². The molecule has 0 amide bonds. The fraction of sp³-hybridized carbons (Fsp3) is 0.143. The van der Waals surface area contributed by atoms with Gasteiger partial charge in [0.2, 0.25) is 9.84 Å². The Kier molecular flexibility index (Phi) is 3.24. The highest BCUT2D eigenvalue weighted by atomic mass is 32.2. The van der Waals surface area contributed by atoms with Crippen LogP contribution >= 0.6 is 0 Å². The van der Waals surface area contributed by atoms with Crippen molar-refractivity contribution in [3.05, 3.63) is 47.5 Å². The Balaban J connectivity index is 2.73. The zero-order valence-electron chi connectivity index (χ0n) is 10.6. The van der Waals surface area contributed by atoms with Crippen LogP contribution in [0.1, 0.15) is 11.1 Å². The summed E-state index contributed by atoms with van der Waals surface area (Å²) in [4.78, 5) is 0.0856. The molecular formula is C14H14O4S. The summed E-state index contributed by atoms with van der Waals surface area (Å²) in [6.07, 6.45) is 0. The summed E-state index contributed by atoms with van der Waals surface area (Å²) >= 11 is 0. The van der Waals surface area contributed by atoms with Gasteiger partial charge >= 0.3 is 0 Å². The van der Waals surface area contributed by atoms with Crippen molar-refractivity contribution >= 4 is 9.84 Å². The summed E-state index contributed by atoms with van der Waals surface area (Å²) in [5.74, 6) is -0.141. The summed E-state index contributed by atoms with van der Waals surface area (Å²) in [6, 6.07) is 8.70. The van der Waals surface area contributed by atoms with Crippen LogP contribution in [0, 0.1) is 13.8 Å². The summed E-state index contributed by atoms with van der Waals surface area (Å²) in [5.41, 5.74) is 0.593. The number of phenolic OH excluding ortho intramolecular Hbond substituents is 2. The predicted molar refractivity (Wildman–Crippen MR) is 71.1 cm³/mol. The first-order valence-corrected chi connectivity index (χ1v) is 7.16. The van der Waals surface area contributed by atoms with E-state index >= 15 is 0 Å². The zero-order valence-corrected chi connectivity index (χ0v) is 11.4. The van der Waals surface area contributed by atoms with Crippen molar-refractivity contribution in [1.82, 2.24) is 0 Å². The van der Waals surface area contributed by atoms with E-state index in [2.05, 4.69) is 0 Å². The maximum Gasteiger partial charge on any atom is 0.207 e. The maximum absolute atomic E-state index is 12.6. The van der Waals surface area contributed by atoms with Crippen LogP contribution < -0.4 is 0 Å². The lowest BCUT2D eigenvalue weighted by Gasteiger charge is -2.11. The van der Waals surface area contributed by atoms with Gasteiger partial charge in [-0.2, -0.15) is 0 Å². The first-order valence-electron chi connectivity index (χ1n) is 5.68. The first kappa shape index (κ1) is 13.4. The Hall–Kier alpha value is -2.01. The molecule has 2 aromatic rings. The fourth-order valence-electron chi connectivity index (χ4n) is 1.91. The lowest BCUT2D eigenvalue weighted by molar-refractivity contribution is 0.467. The molecule has 19 heavy (non-hydrogen) atoms. The third kappa shape index (κ3) is 2.17. The van der Waals surface area contributed by atoms with Crippen LogP contribution in [-0.2, 0) is 9.84 Å². The Morgan fingerprint density at radius 3 is 1.53 bits per heavy atom. The molecule has 0 heterocycles. The Morgan fingerprint density at radius 1 is 0.789 bits per heavy atom. The number of hydrogen-bond donors (Lipinski definition) is 2. The Bertz CT molecular complexity index is 676. The molecule has 2 rings (SSSR count). The van der Waals surface area contributed by atoms with Gasteiger partial charge in [-0.25, -0.2) is 8.42 Å². The van der Waals surface area contributed by atoms with Crippen LogP contribution in [0.2, 0.25) is 0 Å². The summed E-state index contributed by atoms with van der Waals surface area (Å²) in [6.45, 7) is 3.08. The number of phenols is 2. The molecule has 0 saturated heterocycles. The fourth-order valence-corrected chi connectivity index (χ4v) is 3.67. The van der Waals surface area contributed by atoms with Crippen molar-refractivity contribution in [2.75, 3.05) is 0 Å². The molecule has 0 radical (unpaired) electrons. The smallest absolute Gasteiger partial charge is 0.207 e. The predicted octanol–water partition coefficient (Wildman–Crippen LogP) is 2.55. The molecular weight excluding hydrogens is 264 g/mol. The standard InChI is InChI=1S/C14H14O4S/c1-9-11(15)5-3-7-13(9)19(17,18)14-8-4-6-12(16)10(14)2/h3-8,15-16H,1-2H3. The molecule has 0 aliphatic heterocycles. The van der Waals surface area contributed by atoms with Crippen LogP contribution in [0.3, 0.4) is 0 Å². The number of hydrogen-bond acceptors (Lipinski definition) is 4. The quantitative estimate of drug-likeness (QED) is 0.885. The molecule has 0 aliphatic carbocycles. The second kappa shape index (κ2) is 4.59. The van der Waals surface area contributed by atoms with E-state index in [0.717, 1.165) is 0 Å². The monoisotopic (exact) mass is 278 g/mol. The summed E-state index contributed by atoms with van der Waals surface area (Å²) in [7, 11) is -3.77. The van der Waals surface area contributed by atoms with Gasteiger partial charge in [0.1, 0.15) is 11.5 Å². The van der Waals surface area contributed by atoms with Crippen LogP contribution in [0.15, 0.2) is 46.2 Å². The topological polar surface area (TPSA) is 74.6 Å². The van der Waals surface area contributed by atoms with Crippen molar-refractivity contribution in [2.24, 2.45) is 0 Å².